The average molecular weight is 304 g/mol. The summed E-state index contributed by atoms with van der Waals surface area (Å²) in [4.78, 5) is 0. The molecule has 2 rings (SSSR count). The molecule has 0 bridgehead atoms. The second-order valence-electron chi connectivity index (χ2n) is 4.39. The molecule has 1 fully saturated rings. The Morgan fingerprint density at radius 3 is 2.75 bits per heavy atom. The molecule has 0 spiro atoms. The van der Waals surface area contributed by atoms with Crippen molar-refractivity contribution in [1.29, 1.82) is 0 Å². The lowest BCUT2D eigenvalue weighted by molar-refractivity contribution is 0.293. The second kappa shape index (κ2) is 5.42. The van der Waals surface area contributed by atoms with E-state index in [1.807, 2.05) is 6.07 Å². The van der Waals surface area contributed by atoms with Crippen LogP contribution in [0.3, 0.4) is 0 Å². The SMILES string of the molecule is COc1ccc(C(Cl)CC2CCC2)cc1Br. The lowest BCUT2D eigenvalue weighted by Gasteiger charge is -2.27. The summed E-state index contributed by atoms with van der Waals surface area (Å²) in [5.74, 6) is 1.69. The van der Waals surface area contributed by atoms with Crippen LogP contribution in [0.2, 0.25) is 0 Å². The number of hydrogen-bond donors (Lipinski definition) is 0. The molecule has 3 heteroatoms. The van der Waals surface area contributed by atoms with Crippen molar-refractivity contribution >= 4 is 27.5 Å². The monoisotopic (exact) mass is 302 g/mol. The molecule has 16 heavy (non-hydrogen) atoms. The van der Waals surface area contributed by atoms with E-state index in [1.165, 1.54) is 24.8 Å². The van der Waals surface area contributed by atoms with Crippen molar-refractivity contribution in [2.75, 3.05) is 7.11 Å². The van der Waals surface area contributed by atoms with Crippen LogP contribution in [0.15, 0.2) is 22.7 Å². The second-order valence-corrected chi connectivity index (χ2v) is 5.78. The van der Waals surface area contributed by atoms with Crippen LogP contribution < -0.4 is 4.74 Å². The van der Waals surface area contributed by atoms with Crippen molar-refractivity contribution in [3.8, 4) is 5.75 Å². The molecular formula is C13H16BrClO. The molecular weight excluding hydrogens is 287 g/mol. The van der Waals surface area contributed by atoms with E-state index in [9.17, 15) is 0 Å². The van der Waals surface area contributed by atoms with Crippen molar-refractivity contribution in [1.82, 2.24) is 0 Å². The topological polar surface area (TPSA) is 9.23 Å². The summed E-state index contributed by atoms with van der Waals surface area (Å²) in [6.07, 6.45) is 5.17. The molecule has 1 aliphatic carbocycles. The Hall–Kier alpha value is -0.210. The van der Waals surface area contributed by atoms with Gasteiger partial charge in [0, 0.05) is 0 Å². The van der Waals surface area contributed by atoms with Gasteiger partial charge in [-0.2, -0.15) is 0 Å². The first-order valence-corrected chi connectivity index (χ1v) is 6.91. The standard InChI is InChI=1S/C13H16BrClO/c1-16-13-6-5-10(8-11(13)14)12(15)7-9-3-2-4-9/h5-6,8-9,12H,2-4,7H2,1H3. The Labute approximate surface area is 110 Å². The first-order chi connectivity index (χ1) is 7.70. The molecule has 88 valence electrons. The Morgan fingerprint density at radius 1 is 1.50 bits per heavy atom. The van der Waals surface area contributed by atoms with Crippen LogP contribution in [0.5, 0.6) is 5.75 Å². The molecule has 1 aromatic rings. The summed E-state index contributed by atoms with van der Waals surface area (Å²) in [6.45, 7) is 0. The molecule has 0 heterocycles. The van der Waals surface area contributed by atoms with Crippen LogP contribution in [-0.2, 0) is 0 Å². The van der Waals surface area contributed by atoms with Gasteiger partial charge in [-0.05, 0) is 46.0 Å². The van der Waals surface area contributed by atoms with Crippen molar-refractivity contribution in [3.63, 3.8) is 0 Å². The van der Waals surface area contributed by atoms with Gasteiger partial charge >= 0.3 is 0 Å². The molecule has 0 N–H and O–H groups in total. The number of alkyl halides is 1. The van der Waals surface area contributed by atoms with Crippen molar-refractivity contribution in [3.05, 3.63) is 28.2 Å². The highest BCUT2D eigenvalue weighted by molar-refractivity contribution is 9.10. The Morgan fingerprint density at radius 2 is 2.25 bits per heavy atom. The highest BCUT2D eigenvalue weighted by Gasteiger charge is 2.22. The van der Waals surface area contributed by atoms with Gasteiger partial charge in [-0.3, -0.25) is 0 Å². The van der Waals surface area contributed by atoms with Crippen molar-refractivity contribution < 1.29 is 4.74 Å². The van der Waals surface area contributed by atoms with Gasteiger partial charge in [0.15, 0.2) is 0 Å². The zero-order valence-electron chi connectivity index (χ0n) is 9.38. The molecule has 0 aromatic heterocycles. The fourth-order valence-corrected chi connectivity index (χ4v) is 2.98. The molecule has 1 aromatic carbocycles. The minimum Gasteiger partial charge on any atom is -0.496 e. The number of methoxy groups -OCH3 is 1. The summed E-state index contributed by atoms with van der Waals surface area (Å²) in [6, 6.07) is 6.09. The molecule has 1 unspecified atom stereocenters. The summed E-state index contributed by atoms with van der Waals surface area (Å²) in [7, 11) is 1.67. The van der Waals surface area contributed by atoms with E-state index in [4.69, 9.17) is 16.3 Å². The maximum atomic E-state index is 6.42. The smallest absolute Gasteiger partial charge is 0.133 e. The number of benzene rings is 1. The first kappa shape index (κ1) is 12.3. The summed E-state index contributed by atoms with van der Waals surface area (Å²) < 4.78 is 6.18. The predicted octanol–water partition coefficient (Wildman–Crippen LogP) is 4.93. The Kier molecular flexibility index (Phi) is 4.15. The maximum Gasteiger partial charge on any atom is 0.133 e. The van der Waals surface area contributed by atoms with Gasteiger partial charge in [0.25, 0.3) is 0 Å². The van der Waals surface area contributed by atoms with Crippen LogP contribution in [0.25, 0.3) is 0 Å². The number of halogens is 2. The van der Waals surface area contributed by atoms with Crippen molar-refractivity contribution in [2.24, 2.45) is 5.92 Å². The lowest BCUT2D eigenvalue weighted by atomic mass is 9.81. The normalized spacial score (nSPS) is 17.9. The zero-order chi connectivity index (χ0) is 11.5. The van der Waals surface area contributed by atoms with E-state index in [0.717, 1.165) is 22.6 Å². The minimum absolute atomic E-state index is 0.132. The van der Waals surface area contributed by atoms with Crippen LogP contribution in [-0.4, -0.2) is 7.11 Å². The highest BCUT2D eigenvalue weighted by atomic mass is 79.9. The summed E-state index contributed by atoms with van der Waals surface area (Å²) in [5.41, 5.74) is 1.18. The molecule has 1 aliphatic rings. The van der Waals surface area contributed by atoms with E-state index in [-0.39, 0.29) is 5.38 Å². The van der Waals surface area contributed by atoms with Gasteiger partial charge < -0.3 is 4.74 Å². The molecule has 0 aliphatic heterocycles. The Bertz CT molecular complexity index is 363. The van der Waals surface area contributed by atoms with Crippen molar-refractivity contribution in [2.45, 2.75) is 31.1 Å². The van der Waals surface area contributed by atoms with Crippen LogP contribution >= 0.6 is 27.5 Å². The van der Waals surface area contributed by atoms with Gasteiger partial charge in [-0.1, -0.05) is 25.3 Å². The maximum absolute atomic E-state index is 6.42. The van der Waals surface area contributed by atoms with Gasteiger partial charge in [-0.15, -0.1) is 11.6 Å². The molecule has 0 saturated heterocycles. The molecule has 1 saturated carbocycles. The summed E-state index contributed by atoms with van der Waals surface area (Å²) in [5, 5.41) is 0.132. The fraction of sp³-hybridized carbons (Fsp3) is 0.538. The third kappa shape index (κ3) is 2.72. The zero-order valence-corrected chi connectivity index (χ0v) is 11.7. The van der Waals surface area contributed by atoms with Crippen LogP contribution in [0.1, 0.15) is 36.6 Å². The van der Waals surface area contributed by atoms with Gasteiger partial charge in [0.05, 0.1) is 17.0 Å². The summed E-state index contributed by atoms with van der Waals surface area (Å²) >= 11 is 9.91. The fourth-order valence-electron chi connectivity index (χ4n) is 2.03. The lowest BCUT2D eigenvalue weighted by Crippen LogP contribution is -2.12. The van der Waals surface area contributed by atoms with Gasteiger partial charge in [0.2, 0.25) is 0 Å². The third-order valence-electron chi connectivity index (χ3n) is 3.30. The van der Waals surface area contributed by atoms with E-state index in [2.05, 4.69) is 28.1 Å². The van der Waals surface area contributed by atoms with Gasteiger partial charge in [0.1, 0.15) is 5.75 Å². The quantitative estimate of drug-likeness (QED) is 0.717. The van der Waals surface area contributed by atoms with Crippen LogP contribution in [0.4, 0.5) is 0 Å². The number of rotatable bonds is 4. The van der Waals surface area contributed by atoms with E-state index in [1.54, 1.807) is 7.11 Å². The van der Waals surface area contributed by atoms with E-state index >= 15 is 0 Å². The van der Waals surface area contributed by atoms with E-state index < -0.39 is 0 Å². The Balaban J connectivity index is 2.04. The minimum atomic E-state index is 0.132. The van der Waals surface area contributed by atoms with Gasteiger partial charge in [-0.25, -0.2) is 0 Å². The average Bonchev–Trinajstić information content (AvgIpc) is 2.23. The largest absolute Gasteiger partial charge is 0.496 e. The number of hydrogen-bond acceptors (Lipinski definition) is 1. The molecule has 1 nitrogen and oxygen atoms in total. The molecule has 1 atom stereocenters. The van der Waals surface area contributed by atoms with E-state index in [0.29, 0.717) is 0 Å². The van der Waals surface area contributed by atoms with Crippen LogP contribution in [0, 0.1) is 5.92 Å². The molecule has 0 amide bonds. The highest BCUT2D eigenvalue weighted by Crippen LogP contribution is 2.39. The predicted molar refractivity (Wildman–Crippen MR) is 71.2 cm³/mol. The first-order valence-electron chi connectivity index (χ1n) is 5.68. The third-order valence-corrected chi connectivity index (χ3v) is 4.35. The number of ether oxygens (including phenoxy) is 1. The molecule has 0 radical (unpaired) electrons.